The van der Waals surface area contributed by atoms with Crippen LogP contribution in [0.25, 0.3) is 0 Å². The first kappa shape index (κ1) is 6.19. The molecule has 27 valence electrons. The average molecular weight is 74.5 g/mol. The lowest BCUT2D eigenvalue weighted by Gasteiger charge is -2.12. The van der Waals surface area contributed by atoms with Crippen molar-refractivity contribution in [2.45, 2.75) is 19.1 Å². The molecule has 0 saturated heterocycles. The van der Waals surface area contributed by atoms with E-state index in [-0.39, 0.29) is 5.21 Å². The molecule has 0 aliphatic heterocycles. The lowest BCUT2D eigenvalue weighted by atomic mass is 9.34. The monoisotopic (exact) mass is 75.1 g/mol. The third kappa shape index (κ3) is 4.19. The molecular formula is C3H6B3. The third-order valence-electron chi connectivity index (χ3n) is 0.430. The summed E-state index contributed by atoms with van der Waals surface area (Å²) in [4.78, 5) is 0. The first-order chi connectivity index (χ1) is 2.56. The molecule has 0 atom stereocenters. The summed E-state index contributed by atoms with van der Waals surface area (Å²) in [6, 6.07) is 0. The molecule has 5 radical (unpaired) electrons. The SMILES string of the molecule is [B][B]C([B])(C)C. The molecule has 0 N–H and O–H groups in total. The zero-order valence-electron chi connectivity index (χ0n) is 4.23. The summed E-state index contributed by atoms with van der Waals surface area (Å²) >= 11 is 0. The van der Waals surface area contributed by atoms with Gasteiger partial charge in [0, 0.05) is 7.74 Å². The summed E-state index contributed by atoms with van der Waals surface area (Å²) in [5, 5.41) is -0.306. The van der Waals surface area contributed by atoms with Gasteiger partial charge in [0.2, 0.25) is 0 Å². The van der Waals surface area contributed by atoms with Gasteiger partial charge in [0.15, 0.2) is 0 Å². The molecular weight excluding hydrogens is 68.5 g/mol. The first-order valence-corrected chi connectivity index (χ1v) is 1.91. The molecule has 0 aromatic heterocycles. The molecule has 0 bridgehead atoms. The van der Waals surface area contributed by atoms with Gasteiger partial charge in [-0.1, -0.05) is 13.8 Å². The van der Waals surface area contributed by atoms with Crippen molar-refractivity contribution < 1.29 is 0 Å². The minimum absolute atomic E-state index is 0.306. The van der Waals surface area contributed by atoms with Crippen LogP contribution in [0.3, 0.4) is 0 Å². The van der Waals surface area contributed by atoms with Crippen molar-refractivity contribution in [1.29, 1.82) is 0 Å². The predicted molar refractivity (Wildman–Crippen MR) is 31.3 cm³/mol. The summed E-state index contributed by atoms with van der Waals surface area (Å²) in [6.07, 6.45) is 0. The van der Waals surface area contributed by atoms with Crippen molar-refractivity contribution >= 4 is 22.8 Å². The van der Waals surface area contributed by atoms with Gasteiger partial charge in [-0.2, -0.15) is 0 Å². The quantitative estimate of drug-likeness (QED) is 0.387. The Labute approximate surface area is 42.7 Å². The van der Waals surface area contributed by atoms with Crippen molar-refractivity contribution in [3.8, 4) is 0 Å². The molecule has 0 heterocycles. The lowest BCUT2D eigenvalue weighted by molar-refractivity contribution is 0.966. The van der Waals surface area contributed by atoms with Gasteiger partial charge >= 0.3 is 0 Å². The average Bonchev–Trinajstić information content (AvgIpc) is 1.35. The van der Waals surface area contributed by atoms with E-state index < -0.39 is 0 Å². The van der Waals surface area contributed by atoms with Crippen molar-refractivity contribution in [2.24, 2.45) is 0 Å². The van der Waals surface area contributed by atoms with Crippen LogP contribution in [0.5, 0.6) is 0 Å². The number of hydrogen-bond acceptors (Lipinski definition) is 0. The Kier molecular flexibility index (Phi) is 1.82. The van der Waals surface area contributed by atoms with Gasteiger partial charge in [-0.05, 0) is 0 Å². The summed E-state index contributed by atoms with van der Waals surface area (Å²) in [7, 11) is 11.9. The largest absolute Gasteiger partial charge is 0.105 e. The highest BCUT2D eigenvalue weighted by atomic mass is 13.8. The zero-order valence-corrected chi connectivity index (χ0v) is 4.23. The molecule has 0 saturated carbocycles. The van der Waals surface area contributed by atoms with Crippen molar-refractivity contribution in [3.05, 3.63) is 0 Å². The van der Waals surface area contributed by atoms with Gasteiger partial charge in [0.1, 0.15) is 0 Å². The Morgan fingerprint density at radius 2 is 1.67 bits per heavy atom. The van der Waals surface area contributed by atoms with Crippen LogP contribution in [0, 0.1) is 0 Å². The van der Waals surface area contributed by atoms with Gasteiger partial charge in [-0.3, -0.25) is 0 Å². The fourth-order valence-corrected chi connectivity index (χ4v) is 0. The molecule has 0 aliphatic rings. The summed E-state index contributed by atoms with van der Waals surface area (Å²) in [6.45, 7) is 3.68. The second-order valence-electron chi connectivity index (χ2n) is 1.99. The predicted octanol–water partition coefficient (Wildman–Crippen LogP) is 0.0986. The van der Waals surface area contributed by atoms with Crippen molar-refractivity contribution in [1.82, 2.24) is 0 Å². The molecule has 0 aromatic carbocycles. The van der Waals surface area contributed by atoms with E-state index in [1.54, 1.807) is 0 Å². The second kappa shape index (κ2) is 1.77. The molecule has 0 nitrogen and oxygen atoms in total. The molecule has 0 unspecified atom stereocenters. The van der Waals surface area contributed by atoms with Crippen molar-refractivity contribution in [3.63, 3.8) is 0 Å². The van der Waals surface area contributed by atoms with E-state index >= 15 is 0 Å². The van der Waals surface area contributed by atoms with Crippen LogP contribution in [0.1, 0.15) is 13.8 Å². The zero-order chi connectivity index (χ0) is 5.21. The second-order valence-corrected chi connectivity index (χ2v) is 1.99. The standard InChI is InChI=1S/C3H6B3/c1-3(2,4)6-5/h1-2H3. The molecule has 0 aliphatic carbocycles. The fourth-order valence-electron chi connectivity index (χ4n) is 0. The van der Waals surface area contributed by atoms with Crippen LogP contribution < -0.4 is 0 Å². The first-order valence-electron chi connectivity index (χ1n) is 1.91. The molecule has 0 aromatic rings. The maximum atomic E-state index is 5.35. The molecule has 6 heavy (non-hydrogen) atoms. The van der Waals surface area contributed by atoms with Crippen LogP contribution in [0.2, 0.25) is 5.21 Å². The highest BCUT2D eigenvalue weighted by Gasteiger charge is 2.03. The van der Waals surface area contributed by atoms with E-state index in [1.165, 1.54) is 7.17 Å². The highest BCUT2D eigenvalue weighted by Crippen LogP contribution is 2.11. The molecule has 0 fully saturated rings. The Morgan fingerprint density at radius 3 is 1.67 bits per heavy atom. The topological polar surface area (TPSA) is 0 Å². The van der Waals surface area contributed by atoms with Gasteiger partial charge < -0.3 is 0 Å². The van der Waals surface area contributed by atoms with Gasteiger partial charge in [-0.15, -0.1) is 5.21 Å². The fraction of sp³-hybridized carbons (Fsp3) is 1.00. The van der Waals surface area contributed by atoms with Crippen LogP contribution in [-0.4, -0.2) is 22.8 Å². The molecule has 0 amide bonds. The van der Waals surface area contributed by atoms with Gasteiger partial charge in [0.05, 0.1) is 15.0 Å². The van der Waals surface area contributed by atoms with E-state index in [2.05, 4.69) is 0 Å². The maximum Gasteiger partial charge on any atom is 0.0612 e. The van der Waals surface area contributed by atoms with E-state index in [4.69, 9.17) is 15.6 Å². The molecule has 3 heteroatoms. The van der Waals surface area contributed by atoms with E-state index in [0.717, 1.165) is 0 Å². The highest BCUT2D eigenvalue weighted by molar-refractivity contribution is 6.94. The third-order valence-corrected chi connectivity index (χ3v) is 0.430. The van der Waals surface area contributed by atoms with E-state index in [9.17, 15) is 0 Å². The Bertz CT molecular complexity index is 35.8. The van der Waals surface area contributed by atoms with Crippen LogP contribution >= 0.6 is 0 Å². The summed E-state index contributed by atoms with van der Waals surface area (Å²) in [5.74, 6) is 0. The van der Waals surface area contributed by atoms with E-state index in [0.29, 0.717) is 0 Å². The van der Waals surface area contributed by atoms with Crippen molar-refractivity contribution in [2.75, 3.05) is 0 Å². The number of rotatable bonds is 1. The number of hydrogen-bond donors (Lipinski definition) is 0. The smallest absolute Gasteiger partial charge is 0.0612 e. The van der Waals surface area contributed by atoms with Crippen LogP contribution in [0.4, 0.5) is 0 Å². The summed E-state index contributed by atoms with van der Waals surface area (Å²) < 4.78 is 0. The maximum absolute atomic E-state index is 5.35. The minimum atomic E-state index is -0.306. The molecule has 0 spiro atoms. The summed E-state index contributed by atoms with van der Waals surface area (Å²) in [5.41, 5.74) is 0. The Hall–Kier alpha value is 0.195. The minimum Gasteiger partial charge on any atom is -0.105 e. The normalized spacial score (nSPS) is 11.0. The lowest BCUT2D eigenvalue weighted by Crippen LogP contribution is -2.11. The van der Waals surface area contributed by atoms with Crippen LogP contribution in [0.15, 0.2) is 0 Å². The van der Waals surface area contributed by atoms with Gasteiger partial charge in [0.25, 0.3) is 0 Å². The Morgan fingerprint density at radius 1 is 1.50 bits per heavy atom. The molecule has 0 rings (SSSR count). The van der Waals surface area contributed by atoms with Crippen LogP contribution in [-0.2, 0) is 0 Å². The Balaban J connectivity index is 3.17. The van der Waals surface area contributed by atoms with E-state index in [1.807, 2.05) is 13.8 Å². The van der Waals surface area contributed by atoms with Gasteiger partial charge in [-0.25, -0.2) is 0 Å².